The molecule has 0 aliphatic heterocycles. The van der Waals surface area contributed by atoms with E-state index in [0.717, 1.165) is 0 Å². The number of hydrogen-bond donors (Lipinski definition) is 3. The fraction of sp³-hybridized carbons (Fsp3) is 1.00. The van der Waals surface area contributed by atoms with E-state index < -0.39 is 38.2 Å². The third-order valence-electron chi connectivity index (χ3n) is 1.61. The molecule has 120 valence electrons. The van der Waals surface area contributed by atoms with Crippen LogP contribution in [0.1, 0.15) is 0 Å². The zero-order chi connectivity index (χ0) is 17.0. The van der Waals surface area contributed by atoms with Crippen LogP contribution in [0.25, 0.3) is 0 Å². The minimum absolute atomic E-state index is 1.96. The summed E-state index contributed by atoms with van der Waals surface area (Å²) in [6, 6.07) is 0. The van der Waals surface area contributed by atoms with Crippen LogP contribution in [0.3, 0.4) is 0 Å². The number of rotatable bonds is 9. The van der Waals surface area contributed by atoms with Gasteiger partial charge in [0.2, 0.25) is 0 Å². The Hall–Kier alpha value is -3.12. The van der Waals surface area contributed by atoms with Gasteiger partial charge in [0.05, 0.1) is 4.92 Å². The summed E-state index contributed by atoms with van der Waals surface area (Å²) in [7, 11) is 0. The number of aliphatic hydroxyl groups excluding tert-OH is 1. The van der Waals surface area contributed by atoms with Gasteiger partial charge >= 0.3 is 18.0 Å². The smallest absolute Gasteiger partial charge is 0.353 e. The average Bonchev–Trinajstić information content (AvgIpc) is 2.23. The Morgan fingerprint density at radius 2 is 1.14 bits per heavy atom. The van der Waals surface area contributed by atoms with Gasteiger partial charge in [0.1, 0.15) is 0 Å². The molecule has 0 heterocycles. The quantitative estimate of drug-likeness (QED) is 0.212. The molecule has 0 saturated heterocycles. The van der Waals surface area contributed by atoms with E-state index in [0.29, 0.717) is 0 Å². The minimum Gasteiger partial charge on any atom is -0.353 e. The summed E-state index contributed by atoms with van der Waals surface area (Å²) in [5, 5.41) is 61.8. The Morgan fingerprint density at radius 1 is 0.810 bits per heavy atom. The maximum atomic E-state index is 10.3. The van der Waals surface area contributed by atoms with Crippen LogP contribution in [0, 0.1) is 40.5 Å². The van der Waals surface area contributed by atoms with Crippen molar-refractivity contribution < 1.29 is 50.0 Å². The molecule has 21 heavy (non-hydrogen) atoms. The first kappa shape index (κ1) is 17.9. The minimum atomic E-state index is -4.76. The molecule has 3 N–H and O–H groups in total. The van der Waals surface area contributed by atoms with Gasteiger partial charge in [-0.2, -0.15) is 0 Å². The van der Waals surface area contributed by atoms with Crippen LogP contribution in [0.15, 0.2) is 0 Å². The van der Waals surface area contributed by atoms with E-state index in [4.69, 9.17) is 5.11 Å². The topological polar surface area (TPSA) is 261 Å². The highest BCUT2D eigenvalue weighted by Crippen LogP contribution is 2.31. The molecule has 2 unspecified atom stereocenters. The highest BCUT2D eigenvalue weighted by Gasteiger charge is 2.70. The normalized spacial score (nSPS) is 15.2. The van der Waals surface area contributed by atoms with E-state index >= 15 is 0 Å². The lowest BCUT2D eigenvalue weighted by atomic mass is 10.2. The molecule has 0 radical (unpaired) electrons. The summed E-state index contributed by atoms with van der Waals surface area (Å²) in [6.45, 7) is 0. The molecule has 0 aromatic heterocycles. The van der Waals surface area contributed by atoms with Crippen molar-refractivity contribution in [2.24, 2.45) is 0 Å². The Balaban J connectivity index is 5.99. The van der Waals surface area contributed by atoms with Gasteiger partial charge in [-0.1, -0.05) is 0 Å². The van der Waals surface area contributed by atoms with Gasteiger partial charge in [-0.3, -0.25) is 15.0 Å². The number of nitro groups is 1. The van der Waals surface area contributed by atoms with Crippen molar-refractivity contribution in [2.75, 3.05) is 0 Å². The lowest BCUT2D eigenvalue weighted by Gasteiger charge is -2.34. The second-order valence-electron chi connectivity index (χ2n) is 2.88. The molecule has 0 fully saturated rings. The van der Waals surface area contributed by atoms with Crippen molar-refractivity contribution in [3.05, 3.63) is 40.5 Å². The molecule has 0 aromatic rings. The van der Waals surface area contributed by atoms with Crippen LogP contribution in [-0.2, 0) is 14.5 Å². The lowest BCUT2D eigenvalue weighted by molar-refractivity contribution is -0.935. The molecule has 0 bridgehead atoms. The van der Waals surface area contributed by atoms with Gasteiger partial charge in [-0.15, -0.1) is 30.3 Å². The number of hydrogen-bond acceptors (Lipinski definition) is 14. The Bertz CT molecular complexity index is 445. The molecular weight excluding hydrogens is 316 g/mol. The standard InChI is InChI=1S/C3H4N4O14/c8-1(4(11)12)2(9,19-5(13)14)3(10,20-6(15)16)21-7(17)18/h1,8-10H. The fourth-order valence-corrected chi connectivity index (χ4v) is 0.874. The second kappa shape index (κ2) is 5.89. The second-order valence-corrected chi connectivity index (χ2v) is 2.88. The van der Waals surface area contributed by atoms with E-state index in [-0.39, 0.29) is 0 Å². The maximum Gasteiger partial charge on any atom is 0.427 e. The zero-order valence-electron chi connectivity index (χ0n) is 9.20. The highest BCUT2D eigenvalue weighted by atomic mass is 17.1. The largest absolute Gasteiger partial charge is 0.427 e. The zero-order valence-corrected chi connectivity index (χ0v) is 9.20. The van der Waals surface area contributed by atoms with Crippen molar-refractivity contribution in [1.82, 2.24) is 0 Å². The van der Waals surface area contributed by atoms with E-state index in [1.54, 1.807) is 0 Å². The molecule has 2 atom stereocenters. The van der Waals surface area contributed by atoms with Gasteiger partial charge < -0.3 is 15.3 Å². The van der Waals surface area contributed by atoms with Crippen molar-refractivity contribution >= 4 is 0 Å². The summed E-state index contributed by atoms with van der Waals surface area (Å²) in [4.78, 5) is 47.7. The number of nitrogens with zero attached hydrogens (tertiary/aromatic N) is 4. The van der Waals surface area contributed by atoms with Crippen LogP contribution < -0.4 is 0 Å². The Morgan fingerprint density at radius 3 is 1.38 bits per heavy atom. The fourth-order valence-electron chi connectivity index (χ4n) is 0.874. The molecule has 0 aliphatic carbocycles. The predicted molar refractivity (Wildman–Crippen MR) is 47.1 cm³/mol. The van der Waals surface area contributed by atoms with Gasteiger partial charge in [0.25, 0.3) is 15.3 Å². The van der Waals surface area contributed by atoms with Gasteiger partial charge in [0.15, 0.2) is 0 Å². The molecular formula is C3H4N4O14. The molecule has 0 rings (SSSR count). The number of aliphatic hydroxyl groups is 3. The summed E-state index contributed by atoms with van der Waals surface area (Å²) in [6.07, 6.45) is -3.73. The monoisotopic (exact) mass is 320 g/mol. The van der Waals surface area contributed by atoms with Crippen LogP contribution in [0.2, 0.25) is 0 Å². The SMILES string of the molecule is O=[N+]([O-])OC(O)(O[N+](=O)[O-])C(O)(O[N+](=O)[O-])C(O)[N+](=O)[O-]. The Kier molecular flexibility index (Phi) is 5.02. The first-order valence-electron chi connectivity index (χ1n) is 4.12. The van der Waals surface area contributed by atoms with E-state index in [1.807, 2.05) is 0 Å². The summed E-state index contributed by atoms with van der Waals surface area (Å²) < 4.78 is 0. The first-order valence-corrected chi connectivity index (χ1v) is 4.12. The first-order chi connectivity index (χ1) is 9.35. The van der Waals surface area contributed by atoms with E-state index in [1.165, 1.54) is 0 Å². The van der Waals surface area contributed by atoms with Gasteiger partial charge in [0, 0.05) is 0 Å². The molecule has 0 saturated carbocycles. The van der Waals surface area contributed by atoms with Crippen LogP contribution in [0.5, 0.6) is 0 Å². The van der Waals surface area contributed by atoms with Crippen molar-refractivity contribution in [3.63, 3.8) is 0 Å². The molecule has 0 aromatic carbocycles. The Labute approximate surface area is 110 Å². The summed E-state index contributed by atoms with van der Waals surface area (Å²) in [5.41, 5.74) is 0. The van der Waals surface area contributed by atoms with E-state index in [2.05, 4.69) is 14.5 Å². The average molecular weight is 320 g/mol. The lowest BCUT2D eigenvalue weighted by Crippen LogP contribution is -2.68. The maximum absolute atomic E-state index is 10.3. The third-order valence-corrected chi connectivity index (χ3v) is 1.61. The molecule has 0 amide bonds. The van der Waals surface area contributed by atoms with Gasteiger partial charge in [-0.05, 0) is 0 Å². The van der Waals surface area contributed by atoms with Crippen molar-refractivity contribution in [1.29, 1.82) is 0 Å². The van der Waals surface area contributed by atoms with Crippen LogP contribution in [-0.4, -0.2) is 53.5 Å². The molecule has 18 nitrogen and oxygen atoms in total. The van der Waals surface area contributed by atoms with Crippen LogP contribution in [0.4, 0.5) is 0 Å². The van der Waals surface area contributed by atoms with Crippen LogP contribution >= 0.6 is 0 Å². The molecule has 18 heteroatoms. The van der Waals surface area contributed by atoms with Crippen molar-refractivity contribution in [3.8, 4) is 0 Å². The molecule has 0 spiro atoms. The van der Waals surface area contributed by atoms with E-state index in [9.17, 15) is 50.7 Å². The predicted octanol–water partition coefficient (Wildman–Crippen LogP) is -3.46. The summed E-state index contributed by atoms with van der Waals surface area (Å²) >= 11 is 0. The highest BCUT2D eigenvalue weighted by molar-refractivity contribution is 4.78. The van der Waals surface area contributed by atoms with Gasteiger partial charge in [-0.25, -0.2) is 9.68 Å². The summed E-state index contributed by atoms with van der Waals surface area (Å²) in [5.74, 6) is -9.46. The molecule has 0 aliphatic rings. The van der Waals surface area contributed by atoms with Crippen molar-refractivity contribution in [2.45, 2.75) is 18.0 Å². The third kappa shape index (κ3) is 3.92.